The Morgan fingerprint density at radius 2 is 1.95 bits per heavy atom. The second-order valence-electron chi connectivity index (χ2n) is 4.64. The number of amides is 1. The number of carbonyl (C=O) groups is 2. The molecule has 0 saturated heterocycles. The molecule has 8 heteroatoms. The zero-order valence-electron chi connectivity index (χ0n) is 11.7. The number of alkyl halides is 4. The number of carbonyl (C=O) groups excluding carboxylic acids is 1. The van der Waals surface area contributed by atoms with Crippen LogP contribution in [0.4, 0.5) is 17.6 Å². The van der Waals surface area contributed by atoms with Gasteiger partial charge in [0.1, 0.15) is 6.67 Å². The number of rotatable bonds is 6. The fourth-order valence-electron chi connectivity index (χ4n) is 1.94. The van der Waals surface area contributed by atoms with E-state index >= 15 is 0 Å². The molecule has 4 nitrogen and oxygen atoms in total. The van der Waals surface area contributed by atoms with Crippen molar-refractivity contribution >= 4 is 11.9 Å². The first-order valence-electron chi connectivity index (χ1n) is 6.47. The molecule has 2 atom stereocenters. The van der Waals surface area contributed by atoms with E-state index in [1.807, 2.05) is 5.32 Å². The molecule has 1 amide bonds. The Morgan fingerprint density at radius 3 is 2.41 bits per heavy atom. The van der Waals surface area contributed by atoms with Crippen molar-refractivity contribution in [3.8, 4) is 0 Å². The monoisotopic (exact) mass is 321 g/mol. The number of carboxylic acid groups (broad SMARTS) is 1. The van der Waals surface area contributed by atoms with Crippen LogP contribution in [0.5, 0.6) is 0 Å². The van der Waals surface area contributed by atoms with Crippen LogP contribution in [-0.2, 0) is 15.8 Å². The largest absolute Gasteiger partial charge is 0.480 e. The summed E-state index contributed by atoms with van der Waals surface area (Å²) in [6.07, 6.45) is -4.40. The van der Waals surface area contributed by atoms with Gasteiger partial charge in [-0.05, 0) is 18.1 Å². The molecule has 0 fully saturated rings. The smallest absolute Gasteiger partial charge is 0.416 e. The average molecular weight is 321 g/mol. The van der Waals surface area contributed by atoms with Crippen molar-refractivity contribution in [2.75, 3.05) is 6.67 Å². The average Bonchev–Trinajstić information content (AvgIpc) is 2.44. The number of hydrogen-bond donors (Lipinski definition) is 2. The van der Waals surface area contributed by atoms with E-state index in [1.54, 1.807) is 6.92 Å². The fraction of sp³-hybridized carbons (Fsp3) is 0.429. The van der Waals surface area contributed by atoms with Crippen LogP contribution in [0.25, 0.3) is 0 Å². The van der Waals surface area contributed by atoms with Crippen molar-refractivity contribution < 1.29 is 32.3 Å². The Bertz CT molecular complexity index is 545. The van der Waals surface area contributed by atoms with Crippen molar-refractivity contribution in [3.63, 3.8) is 0 Å². The lowest BCUT2D eigenvalue weighted by molar-refractivity contribution is -0.142. The molecule has 0 aliphatic carbocycles. The lowest BCUT2D eigenvalue weighted by atomic mass is 9.93. The molecule has 0 bridgehead atoms. The second-order valence-corrected chi connectivity index (χ2v) is 4.64. The lowest BCUT2D eigenvalue weighted by Crippen LogP contribution is -2.44. The Hall–Kier alpha value is -2.12. The molecule has 122 valence electrons. The molecule has 0 spiro atoms. The van der Waals surface area contributed by atoms with E-state index in [0.29, 0.717) is 0 Å². The number of carboxylic acids is 1. The molecule has 0 aliphatic rings. The molecule has 2 N–H and O–H groups in total. The highest BCUT2D eigenvalue weighted by Gasteiger charge is 2.32. The summed E-state index contributed by atoms with van der Waals surface area (Å²) < 4.78 is 50.6. The number of benzene rings is 1. The molecule has 1 aromatic rings. The van der Waals surface area contributed by atoms with Gasteiger partial charge in [-0.2, -0.15) is 13.2 Å². The Labute approximate surface area is 124 Å². The van der Waals surface area contributed by atoms with Crippen LogP contribution in [0.15, 0.2) is 24.3 Å². The van der Waals surface area contributed by atoms with Gasteiger partial charge in [-0.3, -0.25) is 4.79 Å². The SMILES string of the molecule is CCC(C(=O)NC(CF)C(=O)O)c1cccc(C(F)(F)F)c1. The highest BCUT2D eigenvalue weighted by Crippen LogP contribution is 2.31. The minimum atomic E-state index is -4.55. The molecule has 0 saturated carbocycles. The Morgan fingerprint density at radius 1 is 1.32 bits per heavy atom. The lowest BCUT2D eigenvalue weighted by Gasteiger charge is -2.19. The van der Waals surface area contributed by atoms with E-state index in [1.165, 1.54) is 6.07 Å². The first kappa shape index (κ1) is 17.9. The third-order valence-electron chi connectivity index (χ3n) is 3.11. The van der Waals surface area contributed by atoms with Crippen LogP contribution in [0.3, 0.4) is 0 Å². The predicted octanol–water partition coefficient (Wildman–Crippen LogP) is 2.74. The van der Waals surface area contributed by atoms with E-state index in [2.05, 4.69) is 0 Å². The maximum atomic E-state index is 12.7. The van der Waals surface area contributed by atoms with Gasteiger partial charge >= 0.3 is 12.1 Å². The third kappa shape index (κ3) is 4.44. The van der Waals surface area contributed by atoms with Crippen LogP contribution in [0.1, 0.15) is 30.4 Å². The summed E-state index contributed by atoms with van der Waals surface area (Å²) in [4.78, 5) is 22.7. The topological polar surface area (TPSA) is 66.4 Å². The summed E-state index contributed by atoms with van der Waals surface area (Å²) in [5.41, 5.74) is -0.811. The summed E-state index contributed by atoms with van der Waals surface area (Å²) in [7, 11) is 0. The first-order valence-corrected chi connectivity index (χ1v) is 6.47. The molecule has 2 unspecified atom stereocenters. The van der Waals surface area contributed by atoms with E-state index in [-0.39, 0.29) is 12.0 Å². The van der Waals surface area contributed by atoms with Gasteiger partial charge in [0.25, 0.3) is 0 Å². The number of hydrogen-bond acceptors (Lipinski definition) is 2. The molecule has 1 rings (SSSR count). The zero-order chi connectivity index (χ0) is 16.9. The Balaban J connectivity index is 3.01. The summed E-state index contributed by atoms with van der Waals surface area (Å²) in [6.45, 7) is 0.260. The minimum absolute atomic E-state index is 0.0952. The van der Waals surface area contributed by atoms with Gasteiger partial charge in [0, 0.05) is 0 Å². The maximum absolute atomic E-state index is 12.7. The van der Waals surface area contributed by atoms with Gasteiger partial charge < -0.3 is 10.4 Å². The van der Waals surface area contributed by atoms with E-state index in [4.69, 9.17) is 5.11 Å². The molecular formula is C14H15F4NO3. The van der Waals surface area contributed by atoms with E-state index in [0.717, 1.165) is 18.2 Å². The third-order valence-corrected chi connectivity index (χ3v) is 3.11. The van der Waals surface area contributed by atoms with Crippen LogP contribution < -0.4 is 5.32 Å². The van der Waals surface area contributed by atoms with Crippen LogP contribution in [0.2, 0.25) is 0 Å². The van der Waals surface area contributed by atoms with E-state index in [9.17, 15) is 27.2 Å². The predicted molar refractivity (Wildman–Crippen MR) is 70.0 cm³/mol. The first-order chi connectivity index (χ1) is 10.2. The number of halogens is 4. The van der Waals surface area contributed by atoms with Gasteiger partial charge in [-0.1, -0.05) is 25.1 Å². The quantitative estimate of drug-likeness (QED) is 0.792. The Kier molecular flexibility index (Phi) is 5.90. The fourth-order valence-corrected chi connectivity index (χ4v) is 1.94. The number of nitrogens with one attached hydrogen (secondary N) is 1. The molecule has 0 aliphatic heterocycles. The van der Waals surface area contributed by atoms with Crippen molar-refractivity contribution in [1.82, 2.24) is 5.32 Å². The summed E-state index contributed by atoms with van der Waals surface area (Å²) in [5.74, 6) is -3.36. The standard InChI is InChI=1S/C14H15F4NO3/c1-2-10(12(20)19-11(7-15)13(21)22)8-4-3-5-9(6-8)14(16,17)18/h3-6,10-11H,2,7H2,1H3,(H,19,20)(H,21,22). The van der Waals surface area contributed by atoms with Gasteiger partial charge in [0.05, 0.1) is 11.5 Å². The normalized spacial score (nSPS) is 14.2. The maximum Gasteiger partial charge on any atom is 0.416 e. The highest BCUT2D eigenvalue weighted by atomic mass is 19.4. The molecule has 1 aromatic carbocycles. The van der Waals surface area contributed by atoms with Gasteiger partial charge in [0.15, 0.2) is 6.04 Å². The zero-order valence-corrected chi connectivity index (χ0v) is 11.7. The van der Waals surface area contributed by atoms with Crippen LogP contribution in [0, 0.1) is 0 Å². The molecule has 0 heterocycles. The second kappa shape index (κ2) is 7.24. The summed E-state index contributed by atoms with van der Waals surface area (Å²) >= 11 is 0. The van der Waals surface area contributed by atoms with E-state index < -0.39 is 42.3 Å². The molecule has 0 aromatic heterocycles. The van der Waals surface area contributed by atoms with Crippen LogP contribution in [-0.4, -0.2) is 29.7 Å². The van der Waals surface area contributed by atoms with Crippen molar-refractivity contribution in [2.45, 2.75) is 31.5 Å². The molecular weight excluding hydrogens is 306 g/mol. The highest BCUT2D eigenvalue weighted by molar-refractivity contribution is 5.88. The minimum Gasteiger partial charge on any atom is -0.480 e. The van der Waals surface area contributed by atoms with Gasteiger partial charge in [0.2, 0.25) is 5.91 Å². The number of aliphatic carboxylic acids is 1. The van der Waals surface area contributed by atoms with Crippen molar-refractivity contribution in [3.05, 3.63) is 35.4 Å². The van der Waals surface area contributed by atoms with Gasteiger partial charge in [-0.15, -0.1) is 0 Å². The summed E-state index contributed by atoms with van der Waals surface area (Å²) in [5, 5.41) is 10.7. The van der Waals surface area contributed by atoms with Crippen molar-refractivity contribution in [1.29, 1.82) is 0 Å². The van der Waals surface area contributed by atoms with Crippen LogP contribution >= 0.6 is 0 Å². The van der Waals surface area contributed by atoms with Crippen molar-refractivity contribution in [2.24, 2.45) is 0 Å². The van der Waals surface area contributed by atoms with Gasteiger partial charge in [-0.25, -0.2) is 9.18 Å². The molecule has 22 heavy (non-hydrogen) atoms. The summed E-state index contributed by atoms with van der Waals surface area (Å²) in [6, 6.07) is 2.49. The molecule has 0 radical (unpaired) electrons.